The van der Waals surface area contributed by atoms with Crippen LogP contribution in [0.5, 0.6) is 11.6 Å². The second-order valence-corrected chi connectivity index (χ2v) is 6.69. The maximum atomic E-state index is 6.01. The minimum atomic E-state index is 0.194. The van der Waals surface area contributed by atoms with Crippen molar-refractivity contribution in [1.29, 1.82) is 0 Å². The fourth-order valence-corrected chi connectivity index (χ4v) is 3.17. The summed E-state index contributed by atoms with van der Waals surface area (Å²) in [4.78, 5) is 12.5. The van der Waals surface area contributed by atoms with Gasteiger partial charge < -0.3 is 15.8 Å². The number of anilines is 3. The molecule has 8 heteroatoms. The molecule has 8 nitrogen and oxygen atoms in total. The molecular weight excluding hydrogens is 390 g/mol. The molecule has 0 radical (unpaired) electrons. The van der Waals surface area contributed by atoms with Crippen LogP contribution in [-0.4, -0.2) is 25.1 Å². The van der Waals surface area contributed by atoms with Crippen LogP contribution in [0.25, 0.3) is 22.0 Å². The molecule has 3 N–H and O–H groups in total. The number of nitrogens with zero attached hydrogens (tertiary/aromatic N) is 5. The smallest absolute Gasteiger partial charge is 0.228 e. The van der Waals surface area contributed by atoms with Crippen LogP contribution in [0.2, 0.25) is 0 Å². The summed E-state index contributed by atoms with van der Waals surface area (Å²) in [5.74, 6) is 1.96. The molecule has 5 rings (SSSR count). The molecule has 0 atom stereocenters. The van der Waals surface area contributed by atoms with Crippen LogP contribution in [0.3, 0.4) is 0 Å². The molecule has 0 saturated heterocycles. The van der Waals surface area contributed by atoms with Gasteiger partial charge in [0.1, 0.15) is 5.75 Å². The van der Waals surface area contributed by atoms with E-state index < -0.39 is 0 Å². The molecule has 3 heterocycles. The molecular formula is C23H17N7O. The van der Waals surface area contributed by atoms with Crippen LogP contribution in [-0.2, 0) is 0 Å². The first-order chi connectivity index (χ1) is 15.3. The summed E-state index contributed by atoms with van der Waals surface area (Å²) >= 11 is 0. The Kier molecular flexibility index (Phi) is 4.78. The van der Waals surface area contributed by atoms with Gasteiger partial charge in [-0.2, -0.15) is 5.10 Å². The normalized spacial score (nSPS) is 10.7. The maximum absolute atomic E-state index is 6.01. The number of fused-ring (bicyclic) bond motifs is 1. The number of nitrogen functional groups attached to an aromatic ring is 1. The molecule has 150 valence electrons. The fourth-order valence-electron chi connectivity index (χ4n) is 3.17. The highest BCUT2D eigenvalue weighted by atomic mass is 16.5. The molecule has 3 aromatic heterocycles. The second-order valence-electron chi connectivity index (χ2n) is 6.69. The van der Waals surface area contributed by atoms with Gasteiger partial charge in [-0.1, -0.05) is 24.3 Å². The summed E-state index contributed by atoms with van der Waals surface area (Å²) in [7, 11) is 0. The Morgan fingerprint density at radius 3 is 2.58 bits per heavy atom. The van der Waals surface area contributed by atoms with E-state index in [2.05, 4.69) is 30.5 Å². The van der Waals surface area contributed by atoms with E-state index in [1.54, 1.807) is 24.7 Å². The lowest BCUT2D eigenvalue weighted by Gasteiger charge is -2.11. The van der Waals surface area contributed by atoms with Crippen molar-refractivity contribution < 1.29 is 4.74 Å². The van der Waals surface area contributed by atoms with E-state index in [0.29, 0.717) is 23.1 Å². The second kappa shape index (κ2) is 8.03. The van der Waals surface area contributed by atoms with E-state index in [-0.39, 0.29) is 5.95 Å². The predicted octanol–water partition coefficient (Wildman–Crippen LogP) is 4.60. The Bertz CT molecular complexity index is 1350. The number of hydrogen-bond acceptors (Lipinski definition) is 8. The quantitative estimate of drug-likeness (QED) is 0.435. The van der Waals surface area contributed by atoms with Crippen molar-refractivity contribution in [2.75, 3.05) is 11.1 Å². The van der Waals surface area contributed by atoms with Crippen LogP contribution in [0.4, 0.5) is 17.5 Å². The highest BCUT2D eigenvalue weighted by molar-refractivity contribution is 5.92. The Balaban J connectivity index is 1.38. The molecule has 0 unspecified atom stereocenters. The SMILES string of the molecule is Nc1nccc(-c2cccnc2Oc2ccc(Nc3nncc4ccccc34)cc2)n1. The topological polar surface area (TPSA) is 112 Å². The van der Waals surface area contributed by atoms with Gasteiger partial charge >= 0.3 is 0 Å². The monoisotopic (exact) mass is 407 g/mol. The van der Waals surface area contributed by atoms with Crippen LogP contribution in [0.1, 0.15) is 0 Å². The van der Waals surface area contributed by atoms with E-state index in [9.17, 15) is 0 Å². The Morgan fingerprint density at radius 2 is 1.71 bits per heavy atom. The number of rotatable bonds is 5. The van der Waals surface area contributed by atoms with E-state index in [4.69, 9.17) is 10.5 Å². The van der Waals surface area contributed by atoms with Crippen molar-refractivity contribution >= 4 is 28.2 Å². The number of hydrogen-bond donors (Lipinski definition) is 2. The summed E-state index contributed by atoms with van der Waals surface area (Å²) in [6.07, 6.45) is 5.01. The van der Waals surface area contributed by atoms with E-state index in [1.807, 2.05) is 60.7 Å². The number of benzene rings is 2. The van der Waals surface area contributed by atoms with E-state index in [1.165, 1.54) is 0 Å². The summed E-state index contributed by atoms with van der Waals surface area (Å²) in [6, 6.07) is 20.9. The average Bonchev–Trinajstić information content (AvgIpc) is 2.81. The van der Waals surface area contributed by atoms with Gasteiger partial charge in [0, 0.05) is 28.9 Å². The molecule has 5 aromatic rings. The zero-order chi connectivity index (χ0) is 21.0. The Labute approximate surface area is 177 Å². The van der Waals surface area contributed by atoms with Crippen molar-refractivity contribution in [2.24, 2.45) is 0 Å². The van der Waals surface area contributed by atoms with Gasteiger partial charge in [0.2, 0.25) is 11.8 Å². The first-order valence-electron chi connectivity index (χ1n) is 9.55. The molecule has 2 aromatic carbocycles. The largest absolute Gasteiger partial charge is 0.438 e. The number of ether oxygens (including phenoxy) is 1. The van der Waals surface area contributed by atoms with Crippen molar-refractivity contribution in [3.05, 3.63) is 85.3 Å². The van der Waals surface area contributed by atoms with E-state index >= 15 is 0 Å². The fraction of sp³-hybridized carbons (Fsp3) is 0. The number of aromatic nitrogens is 5. The zero-order valence-corrected chi connectivity index (χ0v) is 16.3. The minimum Gasteiger partial charge on any atom is -0.438 e. The highest BCUT2D eigenvalue weighted by Crippen LogP contribution is 2.31. The van der Waals surface area contributed by atoms with Gasteiger partial charge in [-0.15, -0.1) is 5.10 Å². The minimum absolute atomic E-state index is 0.194. The maximum Gasteiger partial charge on any atom is 0.228 e. The summed E-state index contributed by atoms with van der Waals surface area (Å²) < 4.78 is 6.01. The first kappa shape index (κ1) is 18.4. The van der Waals surface area contributed by atoms with E-state index in [0.717, 1.165) is 22.0 Å². The molecule has 0 aliphatic rings. The lowest BCUT2D eigenvalue weighted by atomic mass is 10.2. The summed E-state index contributed by atoms with van der Waals surface area (Å²) in [5.41, 5.74) is 7.95. The average molecular weight is 407 g/mol. The van der Waals surface area contributed by atoms with Gasteiger partial charge in [-0.05, 0) is 42.5 Å². The van der Waals surface area contributed by atoms with Gasteiger partial charge in [0.05, 0.1) is 17.5 Å². The molecule has 0 saturated carbocycles. The summed E-state index contributed by atoms with van der Waals surface area (Å²) in [5, 5.41) is 13.6. The number of pyridine rings is 1. The highest BCUT2D eigenvalue weighted by Gasteiger charge is 2.11. The predicted molar refractivity (Wildman–Crippen MR) is 119 cm³/mol. The third-order valence-corrected chi connectivity index (χ3v) is 4.62. The van der Waals surface area contributed by atoms with Crippen LogP contribution in [0.15, 0.2) is 85.3 Å². The van der Waals surface area contributed by atoms with Crippen molar-refractivity contribution in [3.63, 3.8) is 0 Å². The molecule has 0 bridgehead atoms. The number of nitrogens with two attached hydrogens (primary N) is 1. The summed E-state index contributed by atoms with van der Waals surface area (Å²) in [6.45, 7) is 0. The molecule has 0 aliphatic carbocycles. The standard InChI is InChI=1S/C23H17N7O/c24-23-26-13-11-20(29-23)19-6-3-12-25-22(19)31-17-9-7-16(8-10-17)28-21-18-5-2-1-4-15(18)14-27-30-21/h1-14H,(H,28,30)(H2,24,26,29). The van der Waals surface area contributed by atoms with Crippen LogP contribution >= 0.6 is 0 Å². The van der Waals surface area contributed by atoms with Crippen molar-refractivity contribution in [2.45, 2.75) is 0 Å². The Morgan fingerprint density at radius 1 is 0.839 bits per heavy atom. The van der Waals surface area contributed by atoms with Gasteiger partial charge in [0.15, 0.2) is 5.82 Å². The van der Waals surface area contributed by atoms with Gasteiger partial charge in [0.25, 0.3) is 0 Å². The molecule has 0 aliphatic heterocycles. The molecule has 0 fully saturated rings. The zero-order valence-electron chi connectivity index (χ0n) is 16.3. The van der Waals surface area contributed by atoms with Crippen molar-refractivity contribution in [1.82, 2.24) is 25.1 Å². The van der Waals surface area contributed by atoms with Gasteiger partial charge in [-0.25, -0.2) is 15.0 Å². The molecule has 0 spiro atoms. The first-order valence-corrected chi connectivity index (χ1v) is 9.55. The molecule has 0 amide bonds. The van der Waals surface area contributed by atoms with Crippen LogP contribution in [0, 0.1) is 0 Å². The third kappa shape index (κ3) is 3.95. The van der Waals surface area contributed by atoms with Crippen molar-refractivity contribution in [3.8, 4) is 22.9 Å². The lowest BCUT2D eigenvalue weighted by molar-refractivity contribution is 0.465. The third-order valence-electron chi connectivity index (χ3n) is 4.62. The molecule has 31 heavy (non-hydrogen) atoms. The lowest BCUT2D eigenvalue weighted by Crippen LogP contribution is -1.98. The Hall–Kier alpha value is -4.59. The van der Waals surface area contributed by atoms with Gasteiger partial charge in [-0.3, -0.25) is 0 Å². The number of nitrogens with one attached hydrogen (secondary N) is 1. The van der Waals surface area contributed by atoms with Crippen LogP contribution < -0.4 is 15.8 Å².